The summed E-state index contributed by atoms with van der Waals surface area (Å²) in [6.07, 6.45) is 1.15. The Morgan fingerprint density at radius 1 is 1.35 bits per heavy atom. The molecule has 4 nitrogen and oxygen atoms in total. The fourth-order valence-electron chi connectivity index (χ4n) is 2.44. The van der Waals surface area contributed by atoms with E-state index in [-0.39, 0.29) is 0 Å². The highest BCUT2D eigenvalue weighted by Crippen LogP contribution is 2.16. The second kappa shape index (κ2) is 6.61. The van der Waals surface area contributed by atoms with E-state index < -0.39 is 0 Å². The number of amides is 1. The van der Waals surface area contributed by atoms with Crippen molar-refractivity contribution in [2.45, 2.75) is 19.4 Å². The van der Waals surface area contributed by atoms with Crippen LogP contribution in [0.3, 0.4) is 0 Å². The van der Waals surface area contributed by atoms with Crippen molar-refractivity contribution >= 4 is 17.7 Å². The van der Waals surface area contributed by atoms with Gasteiger partial charge in [0.1, 0.15) is 0 Å². The molecule has 1 N–H and O–H groups in total. The van der Waals surface area contributed by atoms with Crippen LogP contribution in [0, 0.1) is 0 Å². The average molecular weight is 257 g/mol. The maximum atomic E-state index is 12.2. The van der Waals surface area contributed by atoms with E-state index in [4.69, 9.17) is 0 Å². The Morgan fingerprint density at radius 2 is 2.24 bits per heavy atom. The van der Waals surface area contributed by atoms with Gasteiger partial charge in [-0.05, 0) is 26.4 Å². The molecule has 2 heterocycles. The van der Waals surface area contributed by atoms with E-state index in [1.165, 1.54) is 0 Å². The second-order valence-corrected chi connectivity index (χ2v) is 6.04. The van der Waals surface area contributed by atoms with Crippen LogP contribution in [0.5, 0.6) is 0 Å². The van der Waals surface area contributed by atoms with Crippen LogP contribution in [0.25, 0.3) is 0 Å². The molecule has 0 aromatic heterocycles. The van der Waals surface area contributed by atoms with Gasteiger partial charge < -0.3 is 10.2 Å². The summed E-state index contributed by atoms with van der Waals surface area (Å²) in [5.74, 6) is 2.50. The number of rotatable bonds is 2. The van der Waals surface area contributed by atoms with Gasteiger partial charge in [-0.25, -0.2) is 0 Å². The predicted octanol–water partition coefficient (Wildman–Crippen LogP) is 0.246. The number of thioether (sulfide) groups is 1. The molecule has 2 aliphatic rings. The van der Waals surface area contributed by atoms with Gasteiger partial charge in [-0.3, -0.25) is 9.69 Å². The van der Waals surface area contributed by atoms with Gasteiger partial charge >= 0.3 is 0 Å². The highest BCUT2D eigenvalue weighted by Gasteiger charge is 2.24. The molecule has 5 heteroatoms. The van der Waals surface area contributed by atoms with Crippen molar-refractivity contribution in [1.29, 1.82) is 0 Å². The molecule has 0 radical (unpaired) electrons. The molecule has 0 bridgehead atoms. The standard InChI is InChI=1S/C12H23N3OS/c1-11-10-17-8-7-15(11)12(16)9-14-5-2-3-13-4-6-14/h11,13H,2-10H2,1H3. The van der Waals surface area contributed by atoms with Crippen molar-refractivity contribution in [1.82, 2.24) is 15.1 Å². The lowest BCUT2D eigenvalue weighted by Gasteiger charge is -2.34. The lowest BCUT2D eigenvalue weighted by molar-refractivity contribution is -0.133. The first-order valence-electron chi connectivity index (χ1n) is 6.57. The van der Waals surface area contributed by atoms with E-state index in [9.17, 15) is 4.79 Å². The van der Waals surface area contributed by atoms with Gasteiger partial charge in [0.25, 0.3) is 0 Å². The van der Waals surface area contributed by atoms with Crippen molar-refractivity contribution in [3.8, 4) is 0 Å². The molecule has 0 saturated carbocycles. The Morgan fingerprint density at radius 3 is 3.06 bits per heavy atom. The smallest absolute Gasteiger partial charge is 0.237 e. The van der Waals surface area contributed by atoms with E-state index >= 15 is 0 Å². The molecule has 2 aliphatic heterocycles. The quantitative estimate of drug-likeness (QED) is 0.769. The van der Waals surface area contributed by atoms with Gasteiger partial charge in [0, 0.05) is 37.2 Å². The third-order valence-electron chi connectivity index (χ3n) is 3.48. The van der Waals surface area contributed by atoms with E-state index in [0.717, 1.165) is 50.7 Å². The first-order chi connectivity index (χ1) is 8.27. The zero-order valence-corrected chi connectivity index (χ0v) is 11.5. The Balaban J connectivity index is 1.82. The minimum absolute atomic E-state index is 0.319. The van der Waals surface area contributed by atoms with Crippen LogP contribution in [0.4, 0.5) is 0 Å². The Bertz CT molecular complexity index is 254. The summed E-state index contributed by atoms with van der Waals surface area (Å²) >= 11 is 1.96. The molecule has 0 aliphatic carbocycles. The number of hydrogen-bond acceptors (Lipinski definition) is 4. The Kier molecular flexibility index (Phi) is 5.13. The molecule has 17 heavy (non-hydrogen) atoms. The fourth-order valence-corrected chi connectivity index (χ4v) is 3.45. The van der Waals surface area contributed by atoms with Gasteiger partial charge in [0.15, 0.2) is 0 Å². The van der Waals surface area contributed by atoms with Crippen molar-refractivity contribution in [3.05, 3.63) is 0 Å². The van der Waals surface area contributed by atoms with Crippen LogP contribution < -0.4 is 5.32 Å². The number of nitrogens with zero attached hydrogens (tertiary/aromatic N) is 2. The highest BCUT2D eigenvalue weighted by atomic mass is 32.2. The van der Waals surface area contributed by atoms with Crippen LogP contribution in [-0.2, 0) is 4.79 Å². The number of carbonyl (C=O) groups excluding carboxylic acids is 1. The molecular weight excluding hydrogens is 234 g/mol. The summed E-state index contributed by atoms with van der Waals surface area (Å²) in [6.45, 7) is 7.85. The minimum atomic E-state index is 0.319. The molecule has 2 rings (SSSR count). The van der Waals surface area contributed by atoms with Gasteiger partial charge in [-0.15, -0.1) is 0 Å². The summed E-state index contributed by atoms with van der Waals surface area (Å²) < 4.78 is 0. The summed E-state index contributed by atoms with van der Waals surface area (Å²) in [5.41, 5.74) is 0. The fraction of sp³-hybridized carbons (Fsp3) is 0.917. The normalized spacial score (nSPS) is 27.8. The number of carbonyl (C=O) groups is 1. The minimum Gasteiger partial charge on any atom is -0.337 e. The Hall–Kier alpha value is -0.260. The lowest BCUT2D eigenvalue weighted by Crippen LogP contribution is -2.49. The van der Waals surface area contributed by atoms with Crippen molar-refractivity contribution in [2.75, 3.05) is 50.8 Å². The van der Waals surface area contributed by atoms with Crippen LogP contribution in [0.2, 0.25) is 0 Å². The first-order valence-corrected chi connectivity index (χ1v) is 7.73. The van der Waals surface area contributed by atoms with E-state index in [1.54, 1.807) is 0 Å². The number of nitrogens with one attached hydrogen (secondary N) is 1. The van der Waals surface area contributed by atoms with E-state index in [1.807, 2.05) is 11.8 Å². The second-order valence-electron chi connectivity index (χ2n) is 4.89. The molecule has 0 aromatic rings. The van der Waals surface area contributed by atoms with Gasteiger partial charge in [0.2, 0.25) is 5.91 Å². The molecule has 98 valence electrons. The largest absolute Gasteiger partial charge is 0.337 e. The molecule has 0 aromatic carbocycles. The molecular formula is C12H23N3OS. The first kappa shape index (κ1) is 13.2. The third-order valence-corrected chi connectivity index (χ3v) is 4.67. The van der Waals surface area contributed by atoms with E-state index in [0.29, 0.717) is 18.5 Å². The lowest BCUT2D eigenvalue weighted by atomic mass is 10.3. The van der Waals surface area contributed by atoms with Crippen LogP contribution in [-0.4, -0.2) is 72.5 Å². The zero-order chi connectivity index (χ0) is 12.1. The third kappa shape index (κ3) is 3.86. The van der Waals surface area contributed by atoms with Crippen LogP contribution >= 0.6 is 11.8 Å². The molecule has 2 saturated heterocycles. The monoisotopic (exact) mass is 257 g/mol. The molecule has 2 fully saturated rings. The maximum Gasteiger partial charge on any atom is 0.237 e. The van der Waals surface area contributed by atoms with Crippen LogP contribution in [0.15, 0.2) is 0 Å². The van der Waals surface area contributed by atoms with Gasteiger partial charge in [0.05, 0.1) is 6.54 Å². The SMILES string of the molecule is CC1CSCCN1C(=O)CN1CCCNCC1. The maximum absolute atomic E-state index is 12.2. The zero-order valence-electron chi connectivity index (χ0n) is 10.7. The van der Waals surface area contributed by atoms with Gasteiger partial charge in [-0.1, -0.05) is 0 Å². The summed E-state index contributed by atoms with van der Waals surface area (Å²) in [5, 5.41) is 3.37. The summed E-state index contributed by atoms with van der Waals surface area (Å²) in [6, 6.07) is 0.409. The predicted molar refractivity (Wildman–Crippen MR) is 72.4 cm³/mol. The summed E-state index contributed by atoms with van der Waals surface area (Å²) in [7, 11) is 0. The van der Waals surface area contributed by atoms with Crippen molar-refractivity contribution < 1.29 is 4.79 Å². The molecule has 1 atom stereocenters. The molecule has 0 spiro atoms. The van der Waals surface area contributed by atoms with E-state index in [2.05, 4.69) is 22.0 Å². The number of hydrogen-bond donors (Lipinski definition) is 1. The Labute approximate surface area is 108 Å². The van der Waals surface area contributed by atoms with Crippen molar-refractivity contribution in [2.24, 2.45) is 0 Å². The highest BCUT2D eigenvalue weighted by molar-refractivity contribution is 7.99. The van der Waals surface area contributed by atoms with Gasteiger partial charge in [-0.2, -0.15) is 11.8 Å². The van der Waals surface area contributed by atoms with Crippen molar-refractivity contribution in [3.63, 3.8) is 0 Å². The topological polar surface area (TPSA) is 35.6 Å². The summed E-state index contributed by atoms with van der Waals surface area (Å²) in [4.78, 5) is 16.6. The molecule has 1 amide bonds. The van der Waals surface area contributed by atoms with Crippen LogP contribution in [0.1, 0.15) is 13.3 Å². The molecule has 1 unspecified atom stereocenters. The average Bonchev–Trinajstić information content (AvgIpc) is 2.58.